The zero-order valence-electron chi connectivity index (χ0n) is 10.5. The third-order valence-corrected chi connectivity index (χ3v) is 3.50. The summed E-state index contributed by atoms with van der Waals surface area (Å²) in [6.07, 6.45) is 0. The number of anilines is 1. The van der Waals surface area contributed by atoms with Gasteiger partial charge in [0.15, 0.2) is 0 Å². The Labute approximate surface area is 120 Å². The smallest absolute Gasteiger partial charge is 0.269 e. The molecule has 0 bridgehead atoms. The normalized spacial score (nSPS) is 10.2. The van der Waals surface area contributed by atoms with Gasteiger partial charge in [0, 0.05) is 11.3 Å². The zero-order chi connectivity index (χ0) is 13.8. The van der Waals surface area contributed by atoms with Gasteiger partial charge < -0.3 is 5.32 Å². The average molecular weight is 281 g/mol. The standard InChI is InChI=1S/C15H11N3OS/c19-15(16-12-9-5-2-6-10-12)14-13(17-18-20-14)11-7-3-1-4-8-11/h1-10H,(H,16,19). The summed E-state index contributed by atoms with van der Waals surface area (Å²) in [5, 5.41) is 6.90. The number of hydrogen-bond donors (Lipinski definition) is 1. The van der Waals surface area contributed by atoms with E-state index in [1.54, 1.807) is 0 Å². The number of hydrogen-bond acceptors (Lipinski definition) is 4. The Morgan fingerprint density at radius 3 is 2.30 bits per heavy atom. The van der Waals surface area contributed by atoms with Gasteiger partial charge in [-0.05, 0) is 23.7 Å². The van der Waals surface area contributed by atoms with E-state index in [9.17, 15) is 4.79 Å². The summed E-state index contributed by atoms with van der Waals surface area (Å²) in [6, 6.07) is 18.9. The second-order valence-corrected chi connectivity index (χ2v) is 4.89. The quantitative estimate of drug-likeness (QED) is 0.800. The van der Waals surface area contributed by atoms with Gasteiger partial charge in [-0.2, -0.15) is 0 Å². The van der Waals surface area contributed by atoms with Crippen molar-refractivity contribution in [2.75, 3.05) is 5.32 Å². The highest BCUT2D eigenvalue weighted by Gasteiger charge is 2.17. The highest BCUT2D eigenvalue weighted by atomic mass is 32.1. The number of carbonyl (C=O) groups excluding carboxylic acids is 1. The molecule has 0 aliphatic carbocycles. The number of nitrogens with zero attached hydrogens (tertiary/aromatic N) is 2. The molecular formula is C15H11N3OS. The van der Waals surface area contributed by atoms with E-state index in [-0.39, 0.29) is 5.91 Å². The van der Waals surface area contributed by atoms with Crippen molar-refractivity contribution >= 4 is 23.1 Å². The fourth-order valence-corrected chi connectivity index (χ4v) is 2.42. The molecule has 0 aliphatic heterocycles. The van der Waals surface area contributed by atoms with E-state index < -0.39 is 0 Å². The molecule has 1 N–H and O–H groups in total. The fraction of sp³-hybridized carbons (Fsp3) is 0. The van der Waals surface area contributed by atoms with Gasteiger partial charge in [-0.15, -0.1) is 5.10 Å². The minimum absolute atomic E-state index is 0.190. The molecule has 0 unspecified atom stereocenters. The highest BCUT2D eigenvalue weighted by Crippen LogP contribution is 2.24. The summed E-state index contributed by atoms with van der Waals surface area (Å²) in [4.78, 5) is 12.8. The Morgan fingerprint density at radius 2 is 1.60 bits per heavy atom. The maximum absolute atomic E-state index is 12.3. The SMILES string of the molecule is O=C(Nc1ccccc1)c1snnc1-c1ccccc1. The Balaban J connectivity index is 1.88. The van der Waals surface area contributed by atoms with Crippen molar-refractivity contribution in [1.82, 2.24) is 9.59 Å². The fourth-order valence-electron chi connectivity index (χ4n) is 1.83. The number of benzene rings is 2. The van der Waals surface area contributed by atoms with Crippen LogP contribution in [0.15, 0.2) is 60.7 Å². The first-order chi connectivity index (χ1) is 9.84. The predicted molar refractivity (Wildman–Crippen MR) is 79.7 cm³/mol. The molecule has 1 heterocycles. The molecule has 0 aliphatic rings. The summed E-state index contributed by atoms with van der Waals surface area (Å²) < 4.78 is 3.89. The molecule has 20 heavy (non-hydrogen) atoms. The third kappa shape index (κ3) is 2.57. The average Bonchev–Trinajstić information content (AvgIpc) is 2.99. The zero-order valence-corrected chi connectivity index (χ0v) is 11.3. The van der Waals surface area contributed by atoms with Gasteiger partial charge >= 0.3 is 0 Å². The molecule has 0 spiro atoms. The van der Waals surface area contributed by atoms with Gasteiger partial charge in [-0.1, -0.05) is 53.0 Å². The van der Waals surface area contributed by atoms with E-state index in [1.165, 1.54) is 0 Å². The van der Waals surface area contributed by atoms with Gasteiger partial charge in [0.25, 0.3) is 5.91 Å². The molecule has 3 aromatic rings. The van der Waals surface area contributed by atoms with E-state index in [0.29, 0.717) is 10.6 Å². The number of amides is 1. The van der Waals surface area contributed by atoms with Gasteiger partial charge in [0.2, 0.25) is 0 Å². The van der Waals surface area contributed by atoms with E-state index in [4.69, 9.17) is 0 Å². The first kappa shape index (κ1) is 12.5. The first-order valence-electron chi connectivity index (χ1n) is 6.09. The summed E-state index contributed by atoms with van der Waals surface area (Å²) in [6.45, 7) is 0. The van der Waals surface area contributed by atoms with E-state index >= 15 is 0 Å². The molecule has 0 fully saturated rings. The van der Waals surface area contributed by atoms with Crippen molar-refractivity contribution in [2.24, 2.45) is 0 Å². The largest absolute Gasteiger partial charge is 0.321 e. The van der Waals surface area contributed by atoms with Crippen LogP contribution >= 0.6 is 11.5 Å². The highest BCUT2D eigenvalue weighted by molar-refractivity contribution is 7.08. The number of para-hydroxylation sites is 1. The Kier molecular flexibility index (Phi) is 3.52. The summed E-state index contributed by atoms with van der Waals surface area (Å²) in [5.41, 5.74) is 2.26. The second-order valence-electron chi connectivity index (χ2n) is 4.14. The molecular weight excluding hydrogens is 270 g/mol. The maximum Gasteiger partial charge on any atom is 0.269 e. The number of carbonyl (C=O) groups is 1. The van der Waals surface area contributed by atoms with Crippen LogP contribution in [-0.4, -0.2) is 15.5 Å². The topological polar surface area (TPSA) is 54.9 Å². The third-order valence-electron chi connectivity index (χ3n) is 2.77. The minimum Gasteiger partial charge on any atom is -0.321 e. The minimum atomic E-state index is -0.190. The van der Waals surface area contributed by atoms with Crippen molar-refractivity contribution in [2.45, 2.75) is 0 Å². The number of nitrogens with one attached hydrogen (secondary N) is 1. The lowest BCUT2D eigenvalue weighted by atomic mass is 10.1. The van der Waals surface area contributed by atoms with Crippen LogP contribution in [-0.2, 0) is 0 Å². The Hall–Kier alpha value is -2.53. The van der Waals surface area contributed by atoms with Crippen LogP contribution < -0.4 is 5.32 Å². The molecule has 0 radical (unpaired) electrons. The summed E-state index contributed by atoms with van der Waals surface area (Å²) in [7, 11) is 0. The van der Waals surface area contributed by atoms with Gasteiger partial charge in [-0.25, -0.2) is 0 Å². The Bertz CT molecular complexity index is 710. The molecule has 98 valence electrons. The lowest BCUT2D eigenvalue weighted by Crippen LogP contribution is -2.11. The van der Waals surface area contributed by atoms with Crippen molar-refractivity contribution in [3.05, 3.63) is 65.5 Å². The van der Waals surface area contributed by atoms with Gasteiger partial charge in [-0.3, -0.25) is 4.79 Å². The van der Waals surface area contributed by atoms with Crippen LogP contribution in [0.3, 0.4) is 0 Å². The van der Waals surface area contributed by atoms with Crippen LogP contribution in [0.5, 0.6) is 0 Å². The lowest BCUT2D eigenvalue weighted by Gasteiger charge is -2.04. The van der Waals surface area contributed by atoms with E-state index in [2.05, 4.69) is 14.9 Å². The van der Waals surface area contributed by atoms with Gasteiger partial charge in [0.1, 0.15) is 10.6 Å². The van der Waals surface area contributed by atoms with Crippen molar-refractivity contribution in [1.29, 1.82) is 0 Å². The van der Waals surface area contributed by atoms with Crippen molar-refractivity contribution < 1.29 is 4.79 Å². The lowest BCUT2D eigenvalue weighted by molar-refractivity contribution is 0.103. The molecule has 0 saturated heterocycles. The van der Waals surface area contributed by atoms with Crippen LogP contribution in [0.25, 0.3) is 11.3 Å². The molecule has 1 aromatic heterocycles. The summed E-state index contributed by atoms with van der Waals surface area (Å²) >= 11 is 1.10. The molecule has 3 rings (SSSR count). The number of rotatable bonds is 3. The second kappa shape index (κ2) is 5.63. The molecule has 2 aromatic carbocycles. The van der Waals surface area contributed by atoms with E-state index in [1.807, 2.05) is 60.7 Å². The molecule has 4 nitrogen and oxygen atoms in total. The van der Waals surface area contributed by atoms with Crippen LogP contribution in [0, 0.1) is 0 Å². The van der Waals surface area contributed by atoms with Crippen molar-refractivity contribution in [3.63, 3.8) is 0 Å². The molecule has 5 heteroatoms. The maximum atomic E-state index is 12.3. The van der Waals surface area contributed by atoms with Crippen LogP contribution in [0.1, 0.15) is 9.67 Å². The number of aromatic nitrogens is 2. The summed E-state index contributed by atoms with van der Waals surface area (Å²) in [5.74, 6) is -0.190. The predicted octanol–water partition coefficient (Wildman–Crippen LogP) is 3.46. The van der Waals surface area contributed by atoms with Crippen LogP contribution in [0.4, 0.5) is 5.69 Å². The van der Waals surface area contributed by atoms with E-state index in [0.717, 1.165) is 22.8 Å². The van der Waals surface area contributed by atoms with Gasteiger partial charge in [0.05, 0.1) is 0 Å². The van der Waals surface area contributed by atoms with Crippen LogP contribution in [0.2, 0.25) is 0 Å². The monoisotopic (exact) mass is 281 g/mol. The van der Waals surface area contributed by atoms with Crippen molar-refractivity contribution in [3.8, 4) is 11.3 Å². The molecule has 0 atom stereocenters. The molecule has 1 amide bonds. The first-order valence-corrected chi connectivity index (χ1v) is 6.86. The molecule has 0 saturated carbocycles. The Morgan fingerprint density at radius 1 is 0.950 bits per heavy atom.